The van der Waals surface area contributed by atoms with Gasteiger partial charge in [-0.1, -0.05) is 37.3 Å². The molecule has 5 rings (SSSR count). The Morgan fingerprint density at radius 3 is 2.32 bits per heavy atom. The van der Waals surface area contributed by atoms with E-state index in [0.717, 1.165) is 12.3 Å². The van der Waals surface area contributed by atoms with E-state index in [1.807, 2.05) is 6.07 Å². The highest BCUT2D eigenvalue weighted by Crippen LogP contribution is 2.68. The van der Waals surface area contributed by atoms with E-state index in [1.54, 1.807) is 0 Å². The summed E-state index contributed by atoms with van der Waals surface area (Å²) in [4.78, 5) is 11.7. The maximum atomic E-state index is 11.7. The van der Waals surface area contributed by atoms with Crippen LogP contribution in [-0.4, -0.2) is 11.1 Å². The van der Waals surface area contributed by atoms with E-state index in [0.29, 0.717) is 23.7 Å². The van der Waals surface area contributed by atoms with Crippen molar-refractivity contribution in [1.82, 2.24) is 0 Å². The van der Waals surface area contributed by atoms with Crippen molar-refractivity contribution in [2.75, 3.05) is 0 Å². The lowest BCUT2D eigenvalue weighted by Crippen LogP contribution is -2.57. The zero-order chi connectivity index (χ0) is 15.4. The Bertz CT molecular complexity index is 561. The van der Waals surface area contributed by atoms with Crippen LogP contribution in [0.5, 0.6) is 0 Å². The van der Waals surface area contributed by atoms with Crippen LogP contribution in [0.2, 0.25) is 0 Å². The molecule has 4 saturated carbocycles. The van der Waals surface area contributed by atoms with Crippen LogP contribution in [0.15, 0.2) is 30.3 Å². The molecule has 22 heavy (non-hydrogen) atoms. The molecule has 2 nitrogen and oxygen atoms in total. The van der Waals surface area contributed by atoms with Crippen molar-refractivity contribution >= 4 is 5.97 Å². The molecule has 0 spiro atoms. The van der Waals surface area contributed by atoms with Gasteiger partial charge in [-0.25, -0.2) is 0 Å². The zero-order valence-electron chi connectivity index (χ0n) is 13.4. The summed E-state index contributed by atoms with van der Waals surface area (Å²) in [5.74, 6) is 1.48. The number of carboxylic acids is 1. The lowest BCUT2D eigenvalue weighted by atomic mass is 9.40. The lowest BCUT2D eigenvalue weighted by Gasteiger charge is -2.65. The number of rotatable bonds is 4. The molecule has 4 aliphatic carbocycles. The van der Waals surface area contributed by atoms with Gasteiger partial charge in [-0.3, -0.25) is 4.79 Å². The average molecular weight is 298 g/mol. The Morgan fingerprint density at radius 1 is 1.14 bits per heavy atom. The van der Waals surface area contributed by atoms with E-state index in [9.17, 15) is 9.90 Å². The summed E-state index contributed by atoms with van der Waals surface area (Å²) in [7, 11) is 0. The normalized spacial score (nSPS) is 42.5. The van der Waals surface area contributed by atoms with Crippen molar-refractivity contribution in [3.8, 4) is 0 Å². The third-order valence-corrected chi connectivity index (χ3v) is 6.98. The first-order valence-corrected chi connectivity index (χ1v) is 8.75. The quantitative estimate of drug-likeness (QED) is 0.886. The Kier molecular flexibility index (Phi) is 3.15. The van der Waals surface area contributed by atoms with E-state index in [1.165, 1.54) is 37.7 Å². The van der Waals surface area contributed by atoms with Crippen LogP contribution in [0.4, 0.5) is 0 Å². The number of hydrogen-bond acceptors (Lipinski definition) is 1. The van der Waals surface area contributed by atoms with E-state index in [-0.39, 0.29) is 5.41 Å². The number of carboxylic acid groups (broad SMARTS) is 1. The van der Waals surface area contributed by atoms with Crippen LogP contribution in [0, 0.1) is 28.6 Å². The standard InChI is InChI=1S/C20H26O2/c1-19-9-15-7-16(11-19)20(13-18(21)22,17(8-15)12-19)10-14-5-3-2-4-6-14/h2-6,15-17H,7-13H2,1H3,(H,21,22)/t15?,16?,17?,19-,20+. The Hall–Kier alpha value is -1.31. The summed E-state index contributed by atoms with van der Waals surface area (Å²) < 4.78 is 0. The van der Waals surface area contributed by atoms with Gasteiger partial charge in [0.15, 0.2) is 0 Å². The van der Waals surface area contributed by atoms with Crippen LogP contribution >= 0.6 is 0 Å². The van der Waals surface area contributed by atoms with Crippen LogP contribution in [0.3, 0.4) is 0 Å². The summed E-state index contributed by atoms with van der Waals surface area (Å²) in [6.07, 6.45) is 7.74. The van der Waals surface area contributed by atoms with Gasteiger partial charge in [0.2, 0.25) is 0 Å². The summed E-state index contributed by atoms with van der Waals surface area (Å²) in [6, 6.07) is 10.6. The van der Waals surface area contributed by atoms with Crippen molar-refractivity contribution in [3.05, 3.63) is 35.9 Å². The van der Waals surface area contributed by atoms with Crippen LogP contribution in [0.25, 0.3) is 0 Å². The predicted octanol–water partition coefficient (Wildman–Crippen LogP) is 4.54. The molecular weight excluding hydrogens is 272 g/mol. The molecule has 4 aliphatic rings. The molecule has 1 aromatic rings. The van der Waals surface area contributed by atoms with Gasteiger partial charge in [-0.2, -0.15) is 0 Å². The highest BCUT2D eigenvalue weighted by molar-refractivity contribution is 5.68. The molecule has 0 heterocycles. The van der Waals surface area contributed by atoms with Gasteiger partial charge in [-0.15, -0.1) is 0 Å². The fourth-order valence-electron chi connectivity index (χ4n) is 6.48. The topological polar surface area (TPSA) is 37.3 Å². The first-order valence-electron chi connectivity index (χ1n) is 8.75. The second kappa shape index (κ2) is 4.84. The predicted molar refractivity (Wildman–Crippen MR) is 86.5 cm³/mol. The van der Waals surface area contributed by atoms with E-state index >= 15 is 0 Å². The molecule has 0 aliphatic heterocycles. The molecule has 0 radical (unpaired) electrons. The molecule has 2 atom stereocenters. The minimum Gasteiger partial charge on any atom is -0.481 e. The Morgan fingerprint density at radius 2 is 1.77 bits per heavy atom. The molecule has 2 unspecified atom stereocenters. The van der Waals surface area contributed by atoms with Gasteiger partial charge in [0, 0.05) is 0 Å². The molecule has 118 valence electrons. The summed E-state index contributed by atoms with van der Waals surface area (Å²) in [5.41, 5.74) is 1.82. The molecule has 1 aromatic carbocycles. The van der Waals surface area contributed by atoms with E-state index in [4.69, 9.17) is 0 Å². The van der Waals surface area contributed by atoms with Crippen LogP contribution in [-0.2, 0) is 11.2 Å². The summed E-state index contributed by atoms with van der Waals surface area (Å²) in [6.45, 7) is 2.45. The first kappa shape index (κ1) is 14.3. The third kappa shape index (κ3) is 2.19. The average Bonchev–Trinajstić information content (AvgIpc) is 2.43. The Labute approximate surface area is 132 Å². The SMILES string of the molecule is C[C@]12CC3CC(C1)[C@](CC(=O)O)(Cc1ccccc1)C(C3)C2. The fraction of sp³-hybridized carbons (Fsp3) is 0.650. The van der Waals surface area contributed by atoms with Crippen molar-refractivity contribution in [1.29, 1.82) is 0 Å². The van der Waals surface area contributed by atoms with E-state index in [2.05, 4.69) is 31.2 Å². The minimum absolute atomic E-state index is 0.00359. The molecule has 0 aromatic heterocycles. The smallest absolute Gasteiger partial charge is 0.303 e. The lowest BCUT2D eigenvalue weighted by molar-refractivity contribution is -0.167. The van der Waals surface area contributed by atoms with Crippen LogP contribution < -0.4 is 0 Å². The number of carbonyl (C=O) groups is 1. The van der Waals surface area contributed by atoms with Gasteiger partial charge < -0.3 is 5.11 Å². The van der Waals surface area contributed by atoms with Gasteiger partial charge in [0.25, 0.3) is 0 Å². The number of benzene rings is 1. The van der Waals surface area contributed by atoms with Gasteiger partial charge in [0.05, 0.1) is 6.42 Å². The second-order valence-electron chi connectivity index (χ2n) is 8.62. The summed E-state index contributed by atoms with van der Waals surface area (Å²) in [5, 5.41) is 9.61. The van der Waals surface area contributed by atoms with Gasteiger partial charge in [-0.05, 0) is 72.7 Å². The Balaban J connectivity index is 1.71. The highest BCUT2D eigenvalue weighted by atomic mass is 16.4. The van der Waals surface area contributed by atoms with E-state index < -0.39 is 5.97 Å². The molecule has 4 bridgehead atoms. The zero-order valence-corrected chi connectivity index (χ0v) is 13.4. The molecule has 2 heteroatoms. The monoisotopic (exact) mass is 298 g/mol. The molecule has 1 N–H and O–H groups in total. The maximum absolute atomic E-state index is 11.7. The first-order chi connectivity index (χ1) is 10.5. The summed E-state index contributed by atoms with van der Waals surface area (Å²) >= 11 is 0. The van der Waals surface area contributed by atoms with Crippen molar-refractivity contribution < 1.29 is 9.90 Å². The minimum atomic E-state index is -0.603. The van der Waals surface area contributed by atoms with Gasteiger partial charge >= 0.3 is 5.97 Å². The molecule has 0 saturated heterocycles. The van der Waals surface area contributed by atoms with Crippen molar-refractivity contribution in [2.24, 2.45) is 28.6 Å². The largest absolute Gasteiger partial charge is 0.481 e. The van der Waals surface area contributed by atoms with Crippen molar-refractivity contribution in [3.63, 3.8) is 0 Å². The number of hydrogen-bond donors (Lipinski definition) is 1. The molecular formula is C20H26O2. The third-order valence-electron chi connectivity index (χ3n) is 6.98. The van der Waals surface area contributed by atoms with Crippen molar-refractivity contribution in [2.45, 2.75) is 51.9 Å². The maximum Gasteiger partial charge on any atom is 0.303 e. The number of aliphatic carboxylic acids is 1. The fourth-order valence-corrected chi connectivity index (χ4v) is 6.48. The van der Waals surface area contributed by atoms with Crippen LogP contribution in [0.1, 0.15) is 51.0 Å². The second-order valence-corrected chi connectivity index (χ2v) is 8.62. The molecule has 0 amide bonds. The van der Waals surface area contributed by atoms with Gasteiger partial charge in [0.1, 0.15) is 0 Å². The molecule has 4 fully saturated rings. The highest BCUT2D eigenvalue weighted by Gasteiger charge is 2.60.